The van der Waals surface area contributed by atoms with E-state index in [0.29, 0.717) is 11.1 Å². The first-order valence-corrected chi connectivity index (χ1v) is 7.13. The molecular weight excluding hydrogens is 296 g/mol. The number of amides is 3. The summed E-state index contributed by atoms with van der Waals surface area (Å²) in [7, 11) is 0. The summed E-state index contributed by atoms with van der Waals surface area (Å²) in [5.74, 6) is -0.981. The number of fused-ring (bicyclic) bond motifs is 2. The smallest absolute Gasteiger partial charge is 0.408 e. The number of hydrogen-bond acceptors (Lipinski definition) is 4. The third-order valence-electron chi connectivity index (χ3n) is 4.10. The summed E-state index contributed by atoms with van der Waals surface area (Å²) in [4.78, 5) is 38.2. The molecule has 1 saturated heterocycles. The topological polar surface area (TPSA) is 75.7 Å². The Morgan fingerprint density at radius 3 is 2.35 bits per heavy atom. The molecule has 0 aromatic heterocycles. The Morgan fingerprint density at radius 2 is 1.65 bits per heavy atom. The maximum Gasteiger partial charge on any atom is 0.416 e. The highest BCUT2D eigenvalue weighted by molar-refractivity contribution is 6.11. The first-order chi connectivity index (χ1) is 11.1. The van der Waals surface area contributed by atoms with Crippen LogP contribution in [0.1, 0.15) is 21.5 Å². The molecule has 0 radical (unpaired) electrons. The number of carbonyl (C=O) groups is 3. The van der Waals surface area contributed by atoms with Crippen LogP contribution in [0, 0.1) is 0 Å². The number of nitrogens with one attached hydrogen (secondary N) is 1. The second-order valence-electron chi connectivity index (χ2n) is 5.41. The van der Waals surface area contributed by atoms with Gasteiger partial charge in [0.25, 0.3) is 11.6 Å². The summed E-state index contributed by atoms with van der Waals surface area (Å²) < 4.78 is 5.31. The van der Waals surface area contributed by atoms with Crippen LogP contribution < -0.4 is 5.32 Å². The minimum Gasteiger partial charge on any atom is -0.408 e. The Hall–Kier alpha value is -3.15. The van der Waals surface area contributed by atoms with E-state index in [-0.39, 0.29) is 12.5 Å². The predicted octanol–water partition coefficient (Wildman–Crippen LogP) is 1.76. The highest BCUT2D eigenvalue weighted by Gasteiger charge is 2.62. The van der Waals surface area contributed by atoms with Gasteiger partial charge in [-0.3, -0.25) is 19.8 Å². The van der Waals surface area contributed by atoms with E-state index in [9.17, 15) is 14.4 Å². The van der Waals surface area contributed by atoms with Crippen LogP contribution >= 0.6 is 0 Å². The summed E-state index contributed by atoms with van der Waals surface area (Å²) in [5.41, 5.74) is -0.123. The zero-order valence-corrected chi connectivity index (χ0v) is 12.0. The molecule has 2 aromatic rings. The van der Waals surface area contributed by atoms with E-state index in [1.807, 2.05) is 30.3 Å². The summed E-state index contributed by atoms with van der Waals surface area (Å²) >= 11 is 0. The number of alkyl carbamates (subject to hydrolysis) is 1. The van der Waals surface area contributed by atoms with Crippen molar-refractivity contribution in [3.05, 3.63) is 71.3 Å². The van der Waals surface area contributed by atoms with Crippen LogP contribution in [0.2, 0.25) is 0 Å². The van der Waals surface area contributed by atoms with Crippen molar-refractivity contribution in [1.29, 1.82) is 0 Å². The molecule has 2 heterocycles. The summed E-state index contributed by atoms with van der Waals surface area (Å²) in [6, 6.07) is 15.9. The van der Waals surface area contributed by atoms with Gasteiger partial charge in [0.1, 0.15) is 0 Å². The molecule has 0 bridgehead atoms. The van der Waals surface area contributed by atoms with Gasteiger partial charge in [-0.1, -0.05) is 48.5 Å². The highest BCUT2D eigenvalue weighted by atomic mass is 16.6. The Kier molecular flexibility index (Phi) is 2.74. The summed E-state index contributed by atoms with van der Waals surface area (Å²) in [6.07, 6.45) is -0.849. The van der Waals surface area contributed by atoms with E-state index in [4.69, 9.17) is 4.74 Å². The van der Waals surface area contributed by atoms with Crippen LogP contribution in [0.3, 0.4) is 0 Å². The number of ether oxygens (including phenoxy) is 1. The first kappa shape index (κ1) is 13.5. The van der Waals surface area contributed by atoms with Crippen LogP contribution in [0.4, 0.5) is 4.79 Å². The molecule has 23 heavy (non-hydrogen) atoms. The van der Waals surface area contributed by atoms with Crippen molar-refractivity contribution in [3.8, 4) is 0 Å². The van der Waals surface area contributed by atoms with E-state index < -0.39 is 17.7 Å². The molecule has 4 rings (SSSR count). The van der Waals surface area contributed by atoms with Crippen molar-refractivity contribution < 1.29 is 19.1 Å². The maximum absolute atomic E-state index is 12.8. The standard InChI is InChI=1S/C17H12N2O4/c20-14-12-8-4-5-9-13(12)17(15(21)18-16(22)23-17)19(14)10-11-6-2-1-3-7-11/h1-9H,10H2,(H,18,21,22). The van der Waals surface area contributed by atoms with E-state index in [1.54, 1.807) is 24.3 Å². The van der Waals surface area contributed by atoms with Crippen molar-refractivity contribution in [3.63, 3.8) is 0 Å². The molecule has 3 amide bonds. The number of rotatable bonds is 2. The van der Waals surface area contributed by atoms with E-state index in [0.717, 1.165) is 5.56 Å². The lowest BCUT2D eigenvalue weighted by molar-refractivity contribution is -0.146. The Bertz CT molecular complexity index is 833. The fourth-order valence-corrected chi connectivity index (χ4v) is 3.09. The fourth-order valence-electron chi connectivity index (χ4n) is 3.09. The van der Waals surface area contributed by atoms with Gasteiger partial charge in [-0.25, -0.2) is 4.79 Å². The van der Waals surface area contributed by atoms with E-state index in [2.05, 4.69) is 5.32 Å². The zero-order chi connectivity index (χ0) is 16.0. The molecule has 6 heteroatoms. The highest BCUT2D eigenvalue weighted by Crippen LogP contribution is 2.43. The SMILES string of the molecule is O=C1NC(=O)C2(O1)c1ccccc1C(=O)N2Cc1ccccc1. The molecule has 2 aromatic carbocycles. The lowest BCUT2D eigenvalue weighted by Crippen LogP contribution is -2.49. The van der Waals surface area contributed by atoms with Crippen molar-refractivity contribution in [2.45, 2.75) is 12.3 Å². The number of carbonyl (C=O) groups excluding carboxylic acids is 3. The lowest BCUT2D eigenvalue weighted by atomic mass is 10.0. The van der Waals surface area contributed by atoms with Crippen LogP contribution in [0.25, 0.3) is 0 Å². The van der Waals surface area contributed by atoms with Gasteiger partial charge in [-0.2, -0.15) is 0 Å². The quantitative estimate of drug-likeness (QED) is 0.917. The molecule has 1 unspecified atom stereocenters. The van der Waals surface area contributed by atoms with Gasteiger partial charge in [-0.15, -0.1) is 0 Å². The minimum absolute atomic E-state index is 0.162. The fraction of sp³-hybridized carbons (Fsp3) is 0.118. The predicted molar refractivity (Wildman–Crippen MR) is 79.1 cm³/mol. The van der Waals surface area contributed by atoms with Crippen LogP contribution in [0.15, 0.2) is 54.6 Å². The summed E-state index contributed by atoms with van der Waals surface area (Å²) in [6.45, 7) is 0.162. The van der Waals surface area contributed by atoms with Gasteiger partial charge in [0.05, 0.1) is 6.54 Å². The Labute approximate surface area is 131 Å². The second-order valence-corrected chi connectivity index (χ2v) is 5.41. The first-order valence-electron chi connectivity index (χ1n) is 7.13. The van der Waals surface area contributed by atoms with Crippen molar-refractivity contribution in [2.24, 2.45) is 0 Å². The molecule has 6 nitrogen and oxygen atoms in total. The van der Waals surface area contributed by atoms with Crippen molar-refractivity contribution >= 4 is 17.9 Å². The van der Waals surface area contributed by atoms with Crippen LogP contribution in [-0.4, -0.2) is 22.8 Å². The van der Waals surface area contributed by atoms with Gasteiger partial charge in [-0.05, 0) is 11.6 Å². The van der Waals surface area contributed by atoms with Crippen molar-refractivity contribution in [1.82, 2.24) is 10.2 Å². The number of hydrogen-bond donors (Lipinski definition) is 1. The number of imide groups is 1. The molecule has 1 N–H and O–H groups in total. The van der Waals surface area contributed by atoms with Crippen LogP contribution in [-0.2, 0) is 21.8 Å². The molecule has 114 valence electrons. The number of benzene rings is 2. The molecule has 2 aliphatic rings. The van der Waals surface area contributed by atoms with Gasteiger partial charge < -0.3 is 4.74 Å². The third kappa shape index (κ3) is 1.78. The summed E-state index contributed by atoms with van der Waals surface area (Å²) in [5, 5.41) is 2.13. The van der Waals surface area contributed by atoms with Crippen LogP contribution in [0.5, 0.6) is 0 Å². The Balaban J connectivity index is 1.86. The van der Waals surface area contributed by atoms with Gasteiger partial charge in [0.2, 0.25) is 0 Å². The molecule has 1 fully saturated rings. The van der Waals surface area contributed by atoms with Gasteiger partial charge in [0, 0.05) is 11.1 Å². The van der Waals surface area contributed by atoms with Gasteiger partial charge in [0.15, 0.2) is 0 Å². The van der Waals surface area contributed by atoms with Gasteiger partial charge >= 0.3 is 12.0 Å². The zero-order valence-electron chi connectivity index (χ0n) is 12.0. The van der Waals surface area contributed by atoms with E-state index in [1.165, 1.54) is 4.90 Å². The monoisotopic (exact) mass is 308 g/mol. The average molecular weight is 308 g/mol. The third-order valence-corrected chi connectivity index (χ3v) is 4.10. The second kappa shape index (κ2) is 4.67. The van der Waals surface area contributed by atoms with E-state index >= 15 is 0 Å². The molecule has 2 aliphatic heterocycles. The molecule has 1 spiro atoms. The largest absolute Gasteiger partial charge is 0.416 e. The average Bonchev–Trinajstić information content (AvgIpc) is 2.99. The molecule has 0 saturated carbocycles. The lowest BCUT2D eigenvalue weighted by Gasteiger charge is -2.31. The normalized spacial score (nSPS) is 22.3. The molecular formula is C17H12N2O4. The molecule has 1 atom stereocenters. The Morgan fingerprint density at radius 1 is 0.957 bits per heavy atom. The maximum atomic E-state index is 12.8. The number of nitrogens with zero attached hydrogens (tertiary/aromatic N) is 1. The van der Waals surface area contributed by atoms with Crippen molar-refractivity contribution in [2.75, 3.05) is 0 Å². The minimum atomic E-state index is -1.72. The molecule has 0 aliphatic carbocycles.